The van der Waals surface area contributed by atoms with E-state index in [9.17, 15) is 4.79 Å². The van der Waals surface area contributed by atoms with Crippen LogP contribution in [0.1, 0.15) is 33.1 Å². The molecular formula is C14H20O2. The van der Waals surface area contributed by atoms with Crippen molar-refractivity contribution in [3.63, 3.8) is 0 Å². The van der Waals surface area contributed by atoms with Crippen LogP contribution in [-0.2, 0) is 9.53 Å². The van der Waals surface area contributed by atoms with Crippen LogP contribution < -0.4 is 0 Å². The average molecular weight is 220 g/mol. The van der Waals surface area contributed by atoms with Gasteiger partial charge in [0.1, 0.15) is 0 Å². The summed E-state index contributed by atoms with van der Waals surface area (Å²) in [5.41, 5.74) is 0. The summed E-state index contributed by atoms with van der Waals surface area (Å²) in [6.07, 6.45) is 5.88. The highest BCUT2D eigenvalue weighted by Crippen LogP contribution is 2.10. The maximum atomic E-state index is 10.8. The molecule has 0 aromatic carbocycles. The van der Waals surface area contributed by atoms with Crippen LogP contribution in [0.2, 0.25) is 0 Å². The Morgan fingerprint density at radius 3 is 2.56 bits per heavy atom. The second-order valence-corrected chi connectivity index (χ2v) is 3.56. The maximum absolute atomic E-state index is 10.8. The zero-order valence-corrected chi connectivity index (χ0v) is 10.2. The molecule has 2 heteroatoms. The maximum Gasteiger partial charge on any atom is 0.304 e. The first-order valence-electron chi connectivity index (χ1n) is 5.55. The molecule has 0 saturated carbocycles. The Morgan fingerprint density at radius 2 is 2.12 bits per heavy atom. The number of esters is 1. The number of ether oxygens (including phenoxy) is 1. The average Bonchev–Trinajstić information content (AvgIpc) is 2.24. The van der Waals surface area contributed by atoms with Gasteiger partial charge in [0.05, 0.1) is 0 Å². The van der Waals surface area contributed by atoms with Crippen molar-refractivity contribution in [2.45, 2.75) is 39.2 Å². The topological polar surface area (TPSA) is 26.3 Å². The van der Waals surface area contributed by atoms with Crippen molar-refractivity contribution in [3.05, 3.63) is 25.3 Å². The van der Waals surface area contributed by atoms with E-state index in [1.807, 2.05) is 6.08 Å². The van der Waals surface area contributed by atoms with Crippen molar-refractivity contribution >= 4 is 5.97 Å². The Morgan fingerprint density at radius 1 is 1.44 bits per heavy atom. The van der Waals surface area contributed by atoms with Gasteiger partial charge in [-0.1, -0.05) is 37.8 Å². The van der Waals surface area contributed by atoms with Gasteiger partial charge in [0, 0.05) is 12.8 Å². The number of hydrogen-bond donors (Lipinski definition) is 0. The first-order chi connectivity index (χ1) is 7.63. The molecule has 0 saturated heterocycles. The number of hydrogen-bond acceptors (Lipinski definition) is 2. The number of carbonyl (C=O) groups excluding carboxylic acids is 1. The van der Waals surface area contributed by atoms with E-state index >= 15 is 0 Å². The Bertz CT molecular complexity index is 294. The summed E-state index contributed by atoms with van der Waals surface area (Å²) in [4.78, 5) is 10.8. The molecule has 0 amide bonds. The number of rotatable bonds is 6. The van der Waals surface area contributed by atoms with Crippen molar-refractivity contribution < 1.29 is 9.53 Å². The van der Waals surface area contributed by atoms with Gasteiger partial charge in [-0.25, -0.2) is 0 Å². The van der Waals surface area contributed by atoms with Crippen molar-refractivity contribution in [2.75, 3.05) is 0 Å². The molecule has 16 heavy (non-hydrogen) atoms. The summed E-state index contributed by atoms with van der Waals surface area (Å²) < 4.78 is 4.95. The van der Waals surface area contributed by atoms with Gasteiger partial charge in [-0.3, -0.25) is 4.79 Å². The normalized spacial score (nSPS) is 12.9. The molecule has 0 N–H and O–H groups in total. The Hall–Kier alpha value is -1.49. The van der Waals surface area contributed by atoms with E-state index < -0.39 is 6.10 Å². The molecule has 0 heterocycles. The lowest BCUT2D eigenvalue weighted by Gasteiger charge is -2.07. The van der Waals surface area contributed by atoms with E-state index in [1.165, 1.54) is 13.0 Å². The van der Waals surface area contributed by atoms with Crippen LogP contribution in [0.3, 0.4) is 0 Å². The smallest absolute Gasteiger partial charge is 0.304 e. The molecule has 0 rings (SSSR count). The highest BCUT2D eigenvalue weighted by molar-refractivity contribution is 5.66. The quantitative estimate of drug-likeness (QED) is 0.390. The van der Waals surface area contributed by atoms with Gasteiger partial charge in [-0.2, -0.15) is 0 Å². The minimum Gasteiger partial charge on any atom is -0.445 e. The van der Waals surface area contributed by atoms with Gasteiger partial charge in [0.2, 0.25) is 0 Å². The lowest BCUT2D eigenvalue weighted by molar-refractivity contribution is -0.142. The van der Waals surface area contributed by atoms with Crippen molar-refractivity contribution in [3.8, 4) is 11.8 Å². The van der Waals surface area contributed by atoms with Crippen LogP contribution in [0.15, 0.2) is 25.3 Å². The third-order valence-corrected chi connectivity index (χ3v) is 2.03. The molecule has 0 aromatic rings. The van der Waals surface area contributed by atoms with Crippen LogP contribution in [0.25, 0.3) is 0 Å². The molecule has 0 radical (unpaired) electrons. The lowest BCUT2D eigenvalue weighted by atomic mass is 10.0. The molecule has 88 valence electrons. The van der Waals surface area contributed by atoms with E-state index in [4.69, 9.17) is 4.74 Å². The molecule has 2 atom stereocenters. The van der Waals surface area contributed by atoms with E-state index in [-0.39, 0.29) is 5.97 Å². The predicted molar refractivity (Wildman–Crippen MR) is 66.7 cm³/mol. The number of allylic oxidation sites excluding steroid dienone is 1. The standard InChI is InChI=1S/C14H20O2/c1-5-8-13(9-6-2)10-11-14(7-3)16-12(4)15/h5,7,13-14H,1,3,6,8-9H2,2,4H3. The summed E-state index contributed by atoms with van der Waals surface area (Å²) in [6, 6.07) is 0. The van der Waals surface area contributed by atoms with Crippen LogP contribution >= 0.6 is 0 Å². The van der Waals surface area contributed by atoms with Gasteiger partial charge in [0.15, 0.2) is 6.10 Å². The van der Waals surface area contributed by atoms with Gasteiger partial charge < -0.3 is 4.74 Å². The van der Waals surface area contributed by atoms with Crippen molar-refractivity contribution in [2.24, 2.45) is 5.92 Å². The minimum atomic E-state index is -0.498. The van der Waals surface area contributed by atoms with Crippen molar-refractivity contribution in [1.29, 1.82) is 0 Å². The Labute approximate surface area is 98.4 Å². The first-order valence-corrected chi connectivity index (χ1v) is 5.55. The van der Waals surface area contributed by atoms with Crippen LogP contribution in [0.4, 0.5) is 0 Å². The monoisotopic (exact) mass is 220 g/mol. The number of carbonyl (C=O) groups is 1. The zero-order chi connectivity index (χ0) is 12.4. The molecule has 0 aliphatic heterocycles. The largest absolute Gasteiger partial charge is 0.445 e. The summed E-state index contributed by atoms with van der Waals surface area (Å²) in [5, 5.41) is 0. The van der Waals surface area contributed by atoms with Crippen LogP contribution in [0.5, 0.6) is 0 Å². The molecule has 0 fully saturated rings. The Kier molecular flexibility index (Phi) is 7.97. The van der Waals surface area contributed by atoms with Gasteiger partial charge >= 0.3 is 5.97 Å². The summed E-state index contributed by atoms with van der Waals surface area (Å²) in [6.45, 7) is 10.8. The highest BCUT2D eigenvalue weighted by Gasteiger charge is 2.04. The van der Waals surface area contributed by atoms with Crippen molar-refractivity contribution in [1.82, 2.24) is 0 Å². The molecular weight excluding hydrogens is 200 g/mol. The molecule has 0 aromatic heterocycles. The van der Waals surface area contributed by atoms with E-state index in [0.29, 0.717) is 5.92 Å². The molecule has 2 unspecified atom stereocenters. The minimum absolute atomic E-state index is 0.292. The van der Waals surface area contributed by atoms with Gasteiger partial charge in [-0.15, -0.1) is 6.58 Å². The Balaban J connectivity index is 4.42. The zero-order valence-electron chi connectivity index (χ0n) is 10.2. The van der Waals surface area contributed by atoms with Crippen LogP contribution in [-0.4, -0.2) is 12.1 Å². The molecule has 0 aliphatic carbocycles. The summed E-state index contributed by atoms with van der Waals surface area (Å²) >= 11 is 0. The summed E-state index contributed by atoms with van der Waals surface area (Å²) in [7, 11) is 0. The second-order valence-electron chi connectivity index (χ2n) is 3.56. The fourth-order valence-electron chi connectivity index (χ4n) is 1.31. The lowest BCUT2D eigenvalue weighted by Crippen LogP contribution is -2.11. The first kappa shape index (κ1) is 14.5. The second kappa shape index (κ2) is 8.79. The van der Waals surface area contributed by atoms with E-state index in [2.05, 4.69) is 31.9 Å². The molecule has 0 spiro atoms. The third-order valence-electron chi connectivity index (χ3n) is 2.03. The molecule has 0 bridgehead atoms. The summed E-state index contributed by atoms with van der Waals surface area (Å²) in [5.74, 6) is 5.97. The SMILES string of the molecule is C=CCC(C#CC(C=C)OC(C)=O)CCC. The van der Waals surface area contributed by atoms with Gasteiger partial charge in [0.25, 0.3) is 0 Å². The van der Waals surface area contributed by atoms with E-state index in [0.717, 1.165) is 19.3 Å². The van der Waals surface area contributed by atoms with Gasteiger partial charge in [-0.05, 0) is 18.9 Å². The molecule has 0 aliphatic rings. The third kappa shape index (κ3) is 6.89. The van der Waals surface area contributed by atoms with Crippen LogP contribution in [0, 0.1) is 17.8 Å². The molecule has 2 nitrogen and oxygen atoms in total. The fraction of sp³-hybridized carbons (Fsp3) is 0.500. The predicted octanol–water partition coefficient (Wildman–Crippen LogP) is 3.10. The highest BCUT2D eigenvalue weighted by atomic mass is 16.5. The fourth-order valence-corrected chi connectivity index (χ4v) is 1.31. The van der Waals surface area contributed by atoms with E-state index in [1.54, 1.807) is 0 Å².